The number of hydrogen-bond acceptors (Lipinski definition) is 2. The Bertz CT molecular complexity index is 312. The topological polar surface area (TPSA) is 21.3 Å². The molecular formula is C15H25NO. The molecule has 1 rings (SSSR count). The molecular weight excluding hydrogens is 210 g/mol. The molecule has 1 aromatic rings. The molecule has 1 atom stereocenters. The zero-order valence-corrected chi connectivity index (χ0v) is 11.3. The van der Waals surface area contributed by atoms with Crippen molar-refractivity contribution in [3.8, 4) is 0 Å². The lowest BCUT2D eigenvalue weighted by Crippen LogP contribution is -2.14. The molecule has 1 aromatic carbocycles. The van der Waals surface area contributed by atoms with Gasteiger partial charge in [-0.1, -0.05) is 38.3 Å². The highest BCUT2D eigenvalue weighted by atomic mass is 16.5. The van der Waals surface area contributed by atoms with E-state index in [-0.39, 0.29) is 0 Å². The average molecular weight is 235 g/mol. The average Bonchev–Trinajstić information content (AvgIpc) is 2.30. The Morgan fingerprint density at radius 1 is 1.29 bits per heavy atom. The minimum Gasteiger partial charge on any atom is -0.383 e. The Morgan fingerprint density at radius 2 is 2.12 bits per heavy atom. The van der Waals surface area contributed by atoms with Gasteiger partial charge < -0.3 is 10.1 Å². The van der Waals surface area contributed by atoms with Crippen molar-refractivity contribution in [3.05, 3.63) is 29.8 Å². The van der Waals surface area contributed by atoms with Gasteiger partial charge in [-0.2, -0.15) is 0 Å². The number of benzene rings is 1. The minimum absolute atomic E-state index is 0.541. The third-order valence-electron chi connectivity index (χ3n) is 2.89. The van der Waals surface area contributed by atoms with E-state index in [1.165, 1.54) is 36.9 Å². The van der Waals surface area contributed by atoms with E-state index >= 15 is 0 Å². The van der Waals surface area contributed by atoms with Gasteiger partial charge in [-0.05, 0) is 31.0 Å². The third-order valence-corrected chi connectivity index (χ3v) is 2.89. The number of unbranched alkanes of at least 4 members (excludes halogenated alkanes) is 2. The SMILES string of the molecule is CCCCCC(C)Nc1cccc(COC)c1. The molecule has 0 saturated heterocycles. The maximum atomic E-state index is 5.14. The number of anilines is 1. The Kier molecular flexibility index (Phi) is 6.71. The minimum atomic E-state index is 0.541. The molecule has 0 radical (unpaired) electrons. The van der Waals surface area contributed by atoms with Crippen molar-refractivity contribution in [2.45, 2.75) is 52.2 Å². The first-order valence-corrected chi connectivity index (χ1v) is 6.60. The van der Waals surface area contributed by atoms with Crippen LogP contribution >= 0.6 is 0 Å². The molecule has 17 heavy (non-hydrogen) atoms. The maximum Gasteiger partial charge on any atom is 0.0713 e. The molecule has 2 heteroatoms. The zero-order valence-electron chi connectivity index (χ0n) is 11.3. The Hall–Kier alpha value is -1.02. The van der Waals surface area contributed by atoms with E-state index in [0.717, 1.165) is 0 Å². The fraction of sp³-hybridized carbons (Fsp3) is 0.600. The number of ether oxygens (including phenoxy) is 1. The van der Waals surface area contributed by atoms with Gasteiger partial charge in [0, 0.05) is 18.8 Å². The summed E-state index contributed by atoms with van der Waals surface area (Å²) in [5.41, 5.74) is 2.42. The fourth-order valence-electron chi connectivity index (χ4n) is 1.97. The fourth-order valence-corrected chi connectivity index (χ4v) is 1.97. The van der Waals surface area contributed by atoms with Crippen LogP contribution in [0.2, 0.25) is 0 Å². The lowest BCUT2D eigenvalue weighted by Gasteiger charge is -2.15. The number of hydrogen-bond donors (Lipinski definition) is 1. The van der Waals surface area contributed by atoms with Crippen molar-refractivity contribution in [2.75, 3.05) is 12.4 Å². The predicted molar refractivity (Wildman–Crippen MR) is 74.4 cm³/mol. The van der Waals surface area contributed by atoms with E-state index < -0.39 is 0 Å². The highest BCUT2D eigenvalue weighted by Gasteiger charge is 2.02. The number of rotatable bonds is 8. The van der Waals surface area contributed by atoms with Gasteiger partial charge in [0.2, 0.25) is 0 Å². The standard InChI is InChI=1S/C15H25NO/c1-4-5-6-8-13(2)16-15-10-7-9-14(11-15)12-17-3/h7,9-11,13,16H,4-6,8,12H2,1-3H3. The van der Waals surface area contributed by atoms with Crippen LogP contribution in [0.5, 0.6) is 0 Å². The summed E-state index contributed by atoms with van der Waals surface area (Å²) in [5.74, 6) is 0. The van der Waals surface area contributed by atoms with Crippen LogP contribution in [0.1, 0.15) is 45.1 Å². The molecule has 96 valence electrons. The van der Waals surface area contributed by atoms with Gasteiger partial charge in [-0.15, -0.1) is 0 Å². The van der Waals surface area contributed by atoms with Crippen LogP contribution in [0.4, 0.5) is 5.69 Å². The summed E-state index contributed by atoms with van der Waals surface area (Å²) >= 11 is 0. The second-order valence-electron chi connectivity index (χ2n) is 4.67. The van der Waals surface area contributed by atoms with E-state index in [0.29, 0.717) is 12.6 Å². The van der Waals surface area contributed by atoms with Crippen LogP contribution in [-0.2, 0) is 11.3 Å². The quantitative estimate of drug-likeness (QED) is 0.681. The van der Waals surface area contributed by atoms with Gasteiger partial charge in [0.1, 0.15) is 0 Å². The maximum absolute atomic E-state index is 5.14. The van der Waals surface area contributed by atoms with E-state index in [4.69, 9.17) is 4.74 Å². The van der Waals surface area contributed by atoms with Crippen LogP contribution in [0, 0.1) is 0 Å². The van der Waals surface area contributed by atoms with Crippen molar-refractivity contribution < 1.29 is 4.74 Å². The van der Waals surface area contributed by atoms with Crippen molar-refractivity contribution in [2.24, 2.45) is 0 Å². The van der Waals surface area contributed by atoms with Crippen LogP contribution in [0.25, 0.3) is 0 Å². The molecule has 1 unspecified atom stereocenters. The molecule has 0 amide bonds. The van der Waals surface area contributed by atoms with Crippen molar-refractivity contribution in [1.29, 1.82) is 0 Å². The molecule has 0 aromatic heterocycles. The molecule has 0 spiro atoms. The lowest BCUT2D eigenvalue weighted by atomic mass is 10.1. The third kappa shape index (κ3) is 5.73. The van der Waals surface area contributed by atoms with Crippen LogP contribution < -0.4 is 5.32 Å². The Balaban J connectivity index is 2.41. The summed E-state index contributed by atoms with van der Waals surface area (Å²) in [6, 6.07) is 9.00. The van der Waals surface area contributed by atoms with Crippen molar-refractivity contribution in [1.82, 2.24) is 0 Å². The van der Waals surface area contributed by atoms with E-state index in [1.54, 1.807) is 7.11 Å². The summed E-state index contributed by atoms with van der Waals surface area (Å²) in [6.45, 7) is 5.17. The highest BCUT2D eigenvalue weighted by Crippen LogP contribution is 2.14. The van der Waals surface area contributed by atoms with Gasteiger partial charge in [-0.25, -0.2) is 0 Å². The molecule has 0 heterocycles. The molecule has 0 bridgehead atoms. The Morgan fingerprint density at radius 3 is 2.82 bits per heavy atom. The predicted octanol–water partition coefficient (Wildman–Crippen LogP) is 4.21. The second-order valence-corrected chi connectivity index (χ2v) is 4.67. The van der Waals surface area contributed by atoms with Gasteiger partial charge >= 0.3 is 0 Å². The second kappa shape index (κ2) is 8.13. The summed E-state index contributed by atoms with van der Waals surface area (Å²) in [5, 5.41) is 3.54. The van der Waals surface area contributed by atoms with Gasteiger partial charge in [0.25, 0.3) is 0 Å². The van der Waals surface area contributed by atoms with E-state index in [9.17, 15) is 0 Å². The van der Waals surface area contributed by atoms with Crippen molar-refractivity contribution in [3.63, 3.8) is 0 Å². The number of nitrogens with one attached hydrogen (secondary N) is 1. The summed E-state index contributed by atoms with van der Waals surface area (Å²) in [6.07, 6.45) is 5.16. The first-order valence-electron chi connectivity index (χ1n) is 6.60. The van der Waals surface area contributed by atoms with E-state index in [1.807, 2.05) is 0 Å². The zero-order chi connectivity index (χ0) is 12.5. The summed E-state index contributed by atoms with van der Waals surface area (Å²) in [7, 11) is 1.73. The van der Waals surface area contributed by atoms with Gasteiger partial charge in [-0.3, -0.25) is 0 Å². The van der Waals surface area contributed by atoms with Gasteiger partial charge in [0.15, 0.2) is 0 Å². The normalized spacial score (nSPS) is 12.4. The van der Waals surface area contributed by atoms with Crippen molar-refractivity contribution >= 4 is 5.69 Å². The molecule has 0 aliphatic heterocycles. The molecule has 2 nitrogen and oxygen atoms in total. The van der Waals surface area contributed by atoms with Crippen LogP contribution in [0.3, 0.4) is 0 Å². The monoisotopic (exact) mass is 235 g/mol. The molecule has 1 N–H and O–H groups in total. The highest BCUT2D eigenvalue weighted by molar-refractivity contribution is 5.46. The first-order chi connectivity index (χ1) is 8.26. The van der Waals surface area contributed by atoms with E-state index in [2.05, 4.69) is 43.4 Å². The first kappa shape index (κ1) is 14.0. The molecule has 0 aliphatic carbocycles. The summed E-state index contributed by atoms with van der Waals surface area (Å²) < 4.78 is 5.14. The van der Waals surface area contributed by atoms with Gasteiger partial charge in [0.05, 0.1) is 6.61 Å². The Labute approximate surface area is 105 Å². The van der Waals surface area contributed by atoms with Crippen LogP contribution in [-0.4, -0.2) is 13.2 Å². The van der Waals surface area contributed by atoms with Crippen LogP contribution in [0.15, 0.2) is 24.3 Å². The molecule has 0 aliphatic rings. The molecule has 0 fully saturated rings. The number of methoxy groups -OCH3 is 1. The summed E-state index contributed by atoms with van der Waals surface area (Å²) in [4.78, 5) is 0. The lowest BCUT2D eigenvalue weighted by molar-refractivity contribution is 0.185. The smallest absolute Gasteiger partial charge is 0.0713 e. The largest absolute Gasteiger partial charge is 0.383 e. The molecule has 0 saturated carbocycles.